The van der Waals surface area contributed by atoms with Gasteiger partial charge in [0.1, 0.15) is 5.69 Å². The maximum Gasteiger partial charge on any atom is 0.288 e. The first-order chi connectivity index (χ1) is 9.90. The van der Waals surface area contributed by atoms with Crippen molar-refractivity contribution in [2.24, 2.45) is 0 Å². The molecule has 2 aromatic rings. The van der Waals surface area contributed by atoms with Gasteiger partial charge in [0.15, 0.2) is 0 Å². The second kappa shape index (κ2) is 6.25. The lowest BCUT2D eigenvalue weighted by Gasteiger charge is -2.13. The van der Waals surface area contributed by atoms with Crippen molar-refractivity contribution in [1.29, 1.82) is 0 Å². The van der Waals surface area contributed by atoms with Crippen LogP contribution < -0.4 is 5.32 Å². The fourth-order valence-electron chi connectivity index (χ4n) is 1.50. The first-order valence-corrected chi connectivity index (χ1v) is 6.29. The number of halogens is 6. The molecule has 0 aliphatic heterocycles. The fraction of sp³-hybridized carbons (Fsp3) is 0.0833. The third-order valence-corrected chi connectivity index (χ3v) is 3.15. The van der Waals surface area contributed by atoms with Gasteiger partial charge in [-0.1, -0.05) is 23.9 Å². The molecule has 21 heavy (non-hydrogen) atoms. The quantitative estimate of drug-likeness (QED) is 0.501. The molecule has 112 valence electrons. The minimum absolute atomic E-state index is 0.0380. The van der Waals surface area contributed by atoms with Crippen molar-refractivity contribution < 1.29 is 26.3 Å². The summed E-state index contributed by atoms with van der Waals surface area (Å²) in [4.78, 5) is 2.36. The normalized spacial score (nSPS) is 11.0. The van der Waals surface area contributed by atoms with Crippen LogP contribution in [-0.4, -0.2) is 10.7 Å². The van der Waals surface area contributed by atoms with Gasteiger partial charge in [-0.3, -0.25) is 0 Å². The van der Waals surface area contributed by atoms with E-state index in [-0.39, 0.29) is 22.3 Å². The first-order valence-electron chi connectivity index (χ1n) is 5.41. The molecule has 0 atom stereocenters. The van der Waals surface area contributed by atoms with E-state index in [0.29, 0.717) is 0 Å². The molecule has 0 saturated carbocycles. The standard InChI is InChI=1S/C12H6F6N2S/c13-7-9(8(14)11(16)20-10(7)15)19-5-3-1-2-4-6(5)21-12(17)18/h1-4,12H,(H,19,20). The van der Waals surface area contributed by atoms with Crippen LogP contribution >= 0.6 is 11.8 Å². The molecule has 1 aromatic carbocycles. The van der Waals surface area contributed by atoms with Crippen molar-refractivity contribution in [3.05, 3.63) is 47.8 Å². The van der Waals surface area contributed by atoms with Gasteiger partial charge in [-0.15, -0.1) is 0 Å². The molecule has 2 rings (SSSR count). The number of para-hydroxylation sites is 1. The third-order valence-electron chi connectivity index (χ3n) is 2.36. The molecule has 0 aliphatic carbocycles. The number of hydrogen-bond acceptors (Lipinski definition) is 3. The maximum absolute atomic E-state index is 13.5. The Morgan fingerprint density at radius 3 is 2.10 bits per heavy atom. The molecule has 0 unspecified atom stereocenters. The molecule has 1 aromatic heterocycles. The Hall–Kier alpha value is -1.90. The Morgan fingerprint density at radius 2 is 1.52 bits per heavy atom. The van der Waals surface area contributed by atoms with Crippen LogP contribution in [0, 0.1) is 23.5 Å². The highest BCUT2D eigenvalue weighted by Crippen LogP contribution is 2.34. The van der Waals surface area contributed by atoms with E-state index < -0.39 is 35.0 Å². The Labute approximate surface area is 119 Å². The van der Waals surface area contributed by atoms with E-state index in [1.54, 1.807) is 0 Å². The Kier molecular flexibility index (Phi) is 4.61. The first kappa shape index (κ1) is 15.5. The van der Waals surface area contributed by atoms with Crippen LogP contribution in [0.3, 0.4) is 0 Å². The number of aromatic nitrogens is 1. The molecular formula is C12H6F6N2S. The molecular weight excluding hydrogens is 318 g/mol. The average molecular weight is 324 g/mol. The van der Waals surface area contributed by atoms with E-state index >= 15 is 0 Å². The van der Waals surface area contributed by atoms with E-state index in [0.717, 1.165) is 0 Å². The van der Waals surface area contributed by atoms with Crippen LogP contribution in [0.1, 0.15) is 0 Å². The highest BCUT2D eigenvalue weighted by molar-refractivity contribution is 7.99. The number of thioether (sulfide) groups is 1. The Balaban J connectivity index is 2.44. The number of anilines is 2. The lowest BCUT2D eigenvalue weighted by molar-refractivity contribution is 0.252. The second-order valence-corrected chi connectivity index (χ2v) is 4.73. The van der Waals surface area contributed by atoms with E-state index in [9.17, 15) is 26.3 Å². The van der Waals surface area contributed by atoms with E-state index in [4.69, 9.17) is 0 Å². The topological polar surface area (TPSA) is 24.9 Å². The van der Waals surface area contributed by atoms with Crippen LogP contribution in [0.2, 0.25) is 0 Å². The van der Waals surface area contributed by atoms with Crippen molar-refractivity contribution in [2.45, 2.75) is 10.7 Å². The number of hydrogen-bond donors (Lipinski definition) is 1. The Bertz CT molecular complexity index is 638. The summed E-state index contributed by atoms with van der Waals surface area (Å²) in [6, 6.07) is 5.33. The summed E-state index contributed by atoms with van der Waals surface area (Å²) in [7, 11) is 0. The lowest BCUT2D eigenvalue weighted by Crippen LogP contribution is -2.06. The van der Waals surface area contributed by atoms with Gasteiger partial charge < -0.3 is 5.32 Å². The molecule has 0 radical (unpaired) electrons. The minimum Gasteiger partial charge on any atom is -0.350 e. The predicted octanol–water partition coefficient (Wildman–Crippen LogP) is 4.70. The number of alkyl halides is 2. The molecule has 0 bridgehead atoms. The van der Waals surface area contributed by atoms with Crippen molar-refractivity contribution in [3.8, 4) is 0 Å². The highest BCUT2D eigenvalue weighted by atomic mass is 32.2. The number of nitrogens with zero attached hydrogens (tertiary/aromatic N) is 1. The van der Waals surface area contributed by atoms with Gasteiger partial charge in [0.05, 0.1) is 5.69 Å². The van der Waals surface area contributed by atoms with Gasteiger partial charge in [0.2, 0.25) is 11.6 Å². The summed E-state index contributed by atoms with van der Waals surface area (Å²) in [6.45, 7) is 0. The van der Waals surface area contributed by atoms with Gasteiger partial charge >= 0.3 is 0 Å². The zero-order chi connectivity index (χ0) is 15.6. The molecule has 0 fully saturated rings. The molecule has 0 spiro atoms. The maximum atomic E-state index is 13.5. The number of pyridine rings is 1. The van der Waals surface area contributed by atoms with Crippen molar-refractivity contribution in [1.82, 2.24) is 4.98 Å². The van der Waals surface area contributed by atoms with Gasteiger partial charge in [0.25, 0.3) is 17.7 Å². The summed E-state index contributed by atoms with van der Waals surface area (Å²) in [5.74, 6) is -9.93. The van der Waals surface area contributed by atoms with Crippen LogP contribution in [0.4, 0.5) is 37.7 Å². The van der Waals surface area contributed by atoms with Gasteiger partial charge in [-0.25, -0.2) is 0 Å². The molecule has 0 amide bonds. The van der Waals surface area contributed by atoms with Gasteiger partial charge in [0, 0.05) is 4.90 Å². The second-order valence-electron chi connectivity index (χ2n) is 3.70. The van der Waals surface area contributed by atoms with Gasteiger partial charge in [-0.2, -0.15) is 31.3 Å². The van der Waals surface area contributed by atoms with Crippen molar-refractivity contribution in [3.63, 3.8) is 0 Å². The average Bonchev–Trinajstić information content (AvgIpc) is 2.42. The van der Waals surface area contributed by atoms with Crippen LogP contribution in [0.15, 0.2) is 29.2 Å². The highest BCUT2D eigenvalue weighted by Gasteiger charge is 2.22. The van der Waals surface area contributed by atoms with E-state index in [1.165, 1.54) is 24.3 Å². The monoisotopic (exact) mass is 324 g/mol. The molecule has 0 saturated heterocycles. The summed E-state index contributed by atoms with van der Waals surface area (Å²) >= 11 is 0.121. The summed E-state index contributed by atoms with van der Waals surface area (Å²) in [6.07, 6.45) is 0. The Morgan fingerprint density at radius 1 is 0.952 bits per heavy atom. The SMILES string of the molecule is Fc1nc(F)c(F)c(Nc2ccccc2SC(F)F)c1F. The number of benzene rings is 1. The minimum atomic E-state index is -2.77. The lowest BCUT2D eigenvalue weighted by atomic mass is 10.3. The molecule has 2 nitrogen and oxygen atoms in total. The zero-order valence-corrected chi connectivity index (χ0v) is 10.8. The summed E-state index contributed by atoms with van der Waals surface area (Å²) in [5, 5.41) is 2.07. The van der Waals surface area contributed by atoms with Crippen molar-refractivity contribution >= 4 is 23.1 Å². The summed E-state index contributed by atoms with van der Waals surface area (Å²) < 4.78 is 77.6. The predicted molar refractivity (Wildman–Crippen MR) is 65.7 cm³/mol. The van der Waals surface area contributed by atoms with E-state index in [1.807, 2.05) is 0 Å². The van der Waals surface area contributed by atoms with Gasteiger partial charge in [-0.05, 0) is 12.1 Å². The molecule has 9 heteroatoms. The largest absolute Gasteiger partial charge is 0.350 e. The fourth-order valence-corrected chi connectivity index (χ4v) is 2.10. The van der Waals surface area contributed by atoms with Crippen LogP contribution in [-0.2, 0) is 0 Å². The zero-order valence-electron chi connectivity index (χ0n) is 10.0. The molecule has 0 aliphatic rings. The summed E-state index contributed by atoms with van der Waals surface area (Å²) in [5.41, 5.74) is -1.26. The smallest absolute Gasteiger partial charge is 0.288 e. The number of rotatable bonds is 4. The third kappa shape index (κ3) is 3.41. The molecule has 1 N–H and O–H groups in total. The van der Waals surface area contributed by atoms with E-state index in [2.05, 4.69) is 10.3 Å². The number of nitrogens with one attached hydrogen (secondary N) is 1. The van der Waals surface area contributed by atoms with Crippen LogP contribution in [0.5, 0.6) is 0 Å². The van der Waals surface area contributed by atoms with Crippen molar-refractivity contribution in [2.75, 3.05) is 5.32 Å². The molecule has 1 heterocycles. The van der Waals surface area contributed by atoms with Crippen LogP contribution in [0.25, 0.3) is 0 Å².